The lowest BCUT2D eigenvalue weighted by molar-refractivity contribution is -0.0230. The van der Waals surface area contributed by atoms with Crippen LogP contribution >= 0.6 is 23.2 Å². The maximum absolute atomic E-state index is 13.8. The van der Waals surface area contributed by atoms with Gasteiger partial charge in [-0.1, -0.05) is 23.2 Å². The first-order valence-electron chi connectivity index (χ1n) is 7.37. The number of ether oxygens (including phenoxy) is 1. The molecule has 132 valence electrons. The van der Waals surface area contributed by atoms with E-state index in [9.17, 15) is 18.0 Å². The zero-order valence-corrected chi connectivity index (χ0v) is 14.3. The van der Waals surface area contributed by atoms with Gasteiger partial charge in [0, 0.05) is 17.1 Å². The number of carbonyl (C=O) groups excluding carboxylic acids is 1. The van der Waals surface area contributed by atoms with Gasteiger partial charge in [0.05, 0.1) is 23.7 Å². The average molecular weight is 390 g/mol. The summed E-state index contributed by atoms with van der Waals surface area (Å²) in [6, 6.07) is 5.07. The number of benzene rings is 2. The first-order valence-corrected chi connectivity index (χ1v) is 8.13. The van der Waals surface area contributed by atoms with Gasteiger partial charge >= 0.3 is 0 Å². The molecule has 0 aliphatic carbocycles. The Bertz CT molecular complexity index is 832. The van der Waals surface area contributed by atoms with Crippen LogP contribution in [0.3, 0.4) is 0 Å². The van der Waals surface area contributed by atoms with E-state index >= 15 is 0 Å². The molecule has 2 aromatic rings. The summed E-state index contributed by atoms with van der Waals surface area (Å²) in [6.45, 7) is 0.364. The van der Waals surface area contributed by atoms with Gasteiger partial charge in [0.1, 0.15) is 23.6 Å². The highest BCUT2D eigenvalue weighted by Crippen LogP contribution is 2.32. The van der Waals surface area contributed by atoms with Crippen molar-refractivity contribution in [3.8, 4) is 0 Å². The van der Waals surface area contributed by atoms with Gasteiger partial charge in [0.2, 0.25) is 0 Å². The fraction of sp³-hybridized carbons (Fsp3) is 0.235. The molecule has 1 amide bonds. The maximum atomic E-state index is 13.8. The van der Waals surface area contributed by atoms with Crippen molar-refractivity contribution in [1.82, 2.24) is 4.90 Å². The minimum Gasteiger partial charge on any atom is -0.370 e. The topological polar surface area (TPSA) is 29.5 Å². The maximum Gasteiger partial charge on any atom is 0.257 e. The predicted octanol–water partition coefficient (Wildman–Crippen LogP) is 4.62. The number of nitrogens with zero attached hydrogens (tertiary/aromatic N) is 1. The van der Waals surface area contributed by atoms with E-state index in [0.29, 0.717) is 5.56 Å². The van der Waals surface area contributed by atoms with E-state index in [4.69, 9.17) is 27.9 Å². The fourth-order valence-electron chi connectivity index (χ4n) is 2.64. The summed E-state index contributed by atoms with van der Waals surface area (Å²) in [5, 5.41) is 0.0713. The van der Waals surface area contributed by atoms with E-state index in [0.717, 1.165) is 24.3 Å². The van der Waals surface area contributed by atoms with E-state index in [-0.39, 0.29) is 35.3 Å². The molecule has 8 heteroatoms. The normalized spacial score (nSPS) is 17.6. The van der Waals surface area contributed by atoms with Crippen LogP contribution in [0.1, 0.15) is 22.0 Å². The highest BCUT2D eigenvalue weighted by atomic mass is 35.5. The second-order valence-corrected chi connectivity index (χ2v) is 6.34. The Morgan fingerprint density at radius 1 is 1.08 bits per heavy atom. The smallest absolute Gasteiger partial charge is 0.257 e. The van der Waals surface area contributed by atoms with E-state index in [1.54, 1.807) is 0 Å². The zero-order valence-electron chi connectivity index (χ0n) is 12.7. The molecule has 1 aliphatic heterocycles. The fourth-order valence-corrected chi connectivity index (χ4v) is 3.14. The van der Waals surface area contributed by atoms with Crippen LogP contribution in [0.4, 0.5) is 13.2 Å². The summed E-state index contributed by atoms with van der Waals surface area (Å²) in [5.41, 5.74) is -0.0326. The van der Waals surface area contributed by atoms with Crippen molar-refractivity contribution in [3.63, 3.8) is 0 Å². The molecule has 0 bridgehead atoms. The molecule has 1 saturated heterocycles. The number of halogens is 5. The van der Waals surface area contributed by atoms with Crippen molar-refractivity contribution in [2.24, 2.45) is 0 Å². The van der Waals surface area contributed by atoms with Crippen LogP contribution in [0.25, 0.3) is 0 Å². The Morgan fingerprint density at radius 2 is 1.84 bits per heavy atom. The van der Waals surface area contributed by atoms with E-state index in [1.165, 1.54) is 11.0 Å². The molecule has 1 atom stereocenters. The minimum atomic E-state index is -0.815. The third-order valence-electron chi connectivity index (χ3n) is 3.90. The molecule has 3 nitrogen and oxygen atoms in total. The molecule has 0 spiro atoms. The van der Waals surface area contributed by atoms with Gasteiger partial charge in [-0.2, -0.15) is 0 Å². The van der Waals surface area contributed by atoms with Crippen molar-refractivity contribution in [3.05, 3.63) is 69.0 Å². The Labute approximate surface area is 151 Å². The van der Waals surface area contributed by atoms with Crippen LogP contribution in [0.2, 0.25) is 10.0 Å². The quantitative estimate of drug-likeness (QED) is 0.701. The second kappa shape index (κ2) is 7.23. The van der Waals surface area contributed by atoms with E-state index in [1.807, 2.05) is 0 Å². The Morgan fingerprint density at radius 3 is 2.60 bits per heavy atom. The molecule has 1 aliphatic rings. The molecule has 0 saturated carbocycles. The van der Waals surface area contributed by atoms with Crippen LogP contribution in [-0.2, 0) is 4.74 Å². The number of hydrogen-bond donors (Lipinski definition) is 0. The van der Waals surface area contributed by atoms with Gasteiger partial charge in [-0.05, 0) is 30.3 Å². The molecule has 25 heavy (non-hydrogen) atoms. The molecule has 2 aromatic carbocycles. The summed E-state index contributed by atoms with van der Waals surface area (Å²) >= 11 is 11.8. The largest absolute Gasteiger partial charge is 0.370 e. The molecule has 1 heterocycles. The molecule has 0 radical (unpaired) electrons. The number of amides is 1. The third-order valence-corrected chi connectivity index (χ3v) is 4.52. The average Bonchev–Trinajstić information content (AvgIpc) is 2.59. The summed E-state index contributed by atoms with van der Waals surface area (Å²) in [4.78, 5) is 13.8. The van der Waals surface area contributed by atoms with Crippen molar-refractivity contribution in [2.45, 2.75) is 6.10 Å². The molecule has 1 fully saturated rings. The van der Waals surface area contributed by atoms with Gasteiger partial charge in [-0.15, -0.1) is 0 Å². The van der Waals surface area contributed by atoms with Crippen molar-refractivity contribution in [1.29, 1.82) is 0 Å². The Balaban J connectivity index is 1.85. The van der Waals surface area contributed by atoms with Crippen LogP contribution in [0.5, 0.6) is 0 Å². The highest BCUT2D eigenvalue weighted by Gasteiger charge is 2.29. The van der Waals surface area contributed by atoms with Crippen LogP contribution in [0.15, 0.2) is 30.3 Å². The van der Waals surface area contributed by atoms with Gasteiger partial charge in [-0.3, -0.25) is 4.79 Å². The number of hydrogen-bond acceptors (Lipinski definition) is 2. The molecular weight excluding hydrogens is 378 g/mol. The van der Waals surface area contributed by atoms with E-state index in [2.05, 4.69) is 0 Å². The zero-order chi connectivity index (χ0) is 18.1. The van der Waals surface area contributed by atoms with Crippen molar-refractivity contribution in [2.75, 3.05) is 19.7 Å². The molecule has 1 unspecified atom stereocenters. The second-order valence-electron chi connectivity index (χ2n) is 5.52. The SMILES string of the molecule is O=C(c1cc(F)ccc1F)N1CCOC(c2cc(F)c(Cl)cc2Cl)C1. The molecule has 0 N–H and O–H groups in total. The predicted molar refractivity (Wildman–Crippen MR) is 87.4 cm³/mol. The Hall–Kier alpha value is -1.76. The van der Waals surface area contributed by atoms with Crippen LogP contribution in [0, 0.1) is 17.5 Å². The summed E-state index contributed by atoms with van der Waals surface area (Å²) in [7, 11) is 0. The standard InChI is InChI=1S/C17H12Cl2F3NO2/c18-12-7-13(19)15(22)6-10(12)16-8-23(3-4-25-16)17(24)11-5-9(20)1-2-14(11)21/h1-2,5-7,16H,3-4,8H2. The van der Waals surface area contributed by atoms with Gasteiger partial charge in [0.25, 0.3) is 5.91 Å². The van der Waals surface area contributed by atoms with E-state index < -0.39 is 29.5 Å². The lowest BCUT2D eigenvalue weighted by Crippen LogP contribution is -2.42. The summed E-state index contributed by atoms with van der Waals surface area (Å²) in [6.07, 6.45) is -0.700. The lowest BCUT2D eigenvalue weighted by atomic mass is 10.1. The van der Waals surface area contributed by atoms with Gasteiger partial charge in [-0.25, -0.2) is 13.2 Å². The molecule has 0 aromatic heterocycles. The highest BCUT2D eigenvalue weighted by molar-refractivity contribution is 6.35. The summed E-state index contributed by atoms with van der Waals surface area (Å²) in [5.74, 6) is -2.86. The number of rotatable bonds is 2. The number of carbonyl (C=O) groups is 1. The minimum absolute atomic E-state index is 0.0234. The van der Waals surface area contributed by atoms with Gasteiger partial charge in [0.15, 0.2) is 0 Å². The monoisotopic (exact) mass is 389 g/mol. The first-order chi connectivity index (χ1) is 11.9. The molecular formula is C17H12Cl2F3NO2. The lowest BCUT2D eigenvalue weighted by Gasteiger charge is -2.33. The van der Waals surface area contributed by atoms with Crippen LogP contribution < -0.4 is 0 Å². The first kappa shape index (κ1) is 18.0. The van der Waals surface area contributed by atoms with Crippen molar-refractivity contribution < 1.29 is 22.7 Å². The summed E-state index contributed by atoms with van der Waals surface area (Å²) < 4.78 is 46.4. The Kier molecular flexibility index (Phi) is 5.22. The third kappa shape index (κ3) is 3.76. The molecule has 3 rings (SSSR count). The van der Waals surface area contributed by atoms with Crippen molar-refractivity contribution >= 4 is 29.1 Å². The van der Waals surface area contributed by atoms with Gasteiger partial charge < -0.3 is 9.64 Å². The number of morpholine rings is 1. The van der Waals surface area contributed by atoms with Crippen LogP contribution in [-0.4, -0.2) is 30.5 Å².